The molecule has 1 aliphatic rings. The number of nitrogens with one attached hydrogen (secondary N) is 2. The summed E-state index contributed by atoms with van der Waals surface area (Å²) >= 11 is 0. The molecule has 0 aliphatic carbocycles. The Morgan fingerprint density at radius 1 is 1.32 bits per heavy atom. The first-order valence-electron chi connectivity index (χ1n) is 6.27. The van der Waals surface area contributed by atoms with Crippen molar-refractivity contribution in [2.24, 2.45) is 0 Å². The van der Waals surface area contributed by atoms with Crippen LogP contribution in [0.2, 0.25) is 0 Å². The van der Waals surface area contributed by atoms with E-state index in [1.807, 2.05) is 0 Å². The van der Waals surface area contributed by atoms with Gasteiger partial charge in [0.15, 0.2) is 0 Å². The molecule has 2 aromatic rings. The third kappa shape index (κ3) is 2.80. The highest BCUT2D eigenvalue weighted by Crippen LogP contribution is 2.36. The van der Waals surface area contributed by atoms with Crippen molar-refractivity contribution in [1.82, 2.24) is 9.97 Å². The number of carbonyl (C=O) groups is 1. The highest BCUT2D eigenvalue weighted by molar-refractivity contribution is 6.34. The Balaban J connectivity index is 2.00. The van der Waals surface area contributed by atoms with Gasteiger partial charge < -0.3 is 15.0 Å². The molecule has 114 valence electrons. The number of H-pyrrole nitrogens is 1. The monoisotopic (exact) mass is 309 g/mol. The van der Waals surface area contributed by atoms with E-state index in [2.05, 4.69) is 20.0 Å². The Bertz CT molecular complexity index is 778. The van der Waals surface area contributed by atoms with Crippen molar-refractivity contribution in [3.05, 3.63) is 41.5 Å². The number of aromatic nitrogens is 2. The lowest BCUT2D eigenvalue weighted by Gasteiger charge is -2.09. The van der Waals surface area contributed by atoms with Gasteiger partial charge >= 0.3 is 6.36 Å². The molecule has 1 aliphatic heterocycles. The average Bonchev–Trinajstić information content (AvgIpc) is 2.93. The van der Waals surface area contributed by atoms with E-state index in [4.69, 9.17) is 0 Å². The number of imidazole rings is 1. The van der Waals surface area contributed by atoms with Crippen molar-refractivity contribution < 1.29 is 22.7 Å². The van der Waals surface area contributed by atoms with Crippen LogP contribution in [0.15, 0.2) is 24.4 Å². The number of aromatic amines is 1. The molecule has 0 saturated heterocycles. The van der Waals surface area contributed by atoms with Gasteiger partial charge in [-0.2, -0.15) is 0 Å². The number of rotatable bonds is 2. The van der Waals surface area contributed by atoms with Crippen molar-refractivity contribution in [1.29, 1.82) is 0 Å². The molecule has 1 amide bonds. The highest BCUT2D eigenvalue weighted by atomic mass is 19.4. The molecule has 2 N–H and O–H groups in total. The Morgan fingerprint density at radius 2 is 2.09 bits per heavy atom. The number of fused-ring (bicyclic) bond motifs is 1. The summed E-state index contributed by atoms with van der Waals surface area (Å²) in [6.45, 7) is 1.75. The summed E-state index contributed by atoms with van der Waals surface area (Å²) in [5.74, 6) is -0.111. The van der Waals surface area contributed by atoms with Crippen molar-refractivity contribution in [3.63, 3.8) is 0 Å². The summed E-state index contributed by atoms with van der Waals surface area (Å²) in [6, 6.07) is 3.69. The quantitative estimate of drug-likeness (QED) is 0.838. The predicted molar refractivity (Wildman–Crippen MR) is 73.0 cm³/mol. The standard InChI is InChI=1S/C14H10F3N3O2/c1-7-18-6-8(19-7)4-11-10-5-9(22-14(15,16)17)2-3-12(10)20-13(11)21/h2-6H,1H3,(H,18,19)(H,20,21)/b11-4-. The lowest BCUT2D eigenvalue weighted by Crippen LogP contribution is -2.17. The summed E-state index contributed by atoms with van der Waals surface area (Å²) in [5.41, 5.74) is 1.60. The van der Waals surface area contributed by atoms with Crippen LogP contribution in [0.4, 0.5) is 18.9 Å². The third-order valence-corrected chi connectivity index (χ3v) is 3.03. The first-order chi connectivity index (χ1) is 10.3. The van der Waals surface area contributed by atoms with Crippen LogP contribution in [0.5, 0.6) is 5.75 Å². The first kappa shape index (κ1) is 14.2. The molecule has 0 saturated carbocycles. The maximum absolute atomic E-state index is 12.3. The molecule has 8 heteroatoms. The molecule has 1 aromatic carbocycles. The molecule has 0 unspecified atom stereocenters. The summed E-state index contributed by atoms with van der Waals surface area (Å²) < 4.78 is 40.7. The summed E-state index contributed by atoms with van der Waals surface area (Å²) in [5, 5.41) is 2.59. The second-order valence-electron chi connectivity index (χ2n) is 4.69. The van der Waals surface area contributed by atoms with Gasteiger partial charge in [0.25, 0.3) is 5.91 Å². The number of aryl methyl sites for hydroxylation is 1. The second-order valence-corrected chi connectivity index (χ2v) is 4.69. The second kappa shape index (κ2) is 4.90. The third-order valence-electron chi connectivity index (χ3n) is 3.03. The van der Waals surface area contributed by atoms with Gasteiger partial charge in [0, 0.05) is 11.3 Å². The zero-order valence-electron chi connectivity index (χ0n) is 11.3. The highest BCUT2D eigenvalue weighted by Gasteiger charge is 2.32. The first-order valence-corrected chi connectivity index (χ1v) is 6.27. The molecule has 0 bridgehead atoms. The van der Waals surface area contributed by atoms with Crippen LogP contribution in [-0.4, -0.2) is 22.2 Å². The predicted octanol–water partition coefficient (Wildman–Crippen LogP) is 3.11. The molecule has 0 atom stereocenters. The van der Waals surface area contributed by atoms with E-state index in [1.54, 1.807) is 6.92 Å². The Kier molecular flexibility index (Phi) is 3.16. The Hall–Kier alpha value is -2.77. The molecular formula is C14H10F3N3O2. The van der Waals surface area contributed by atoms with E-state index >= 15 is 0 Å². The van der Waals surface area contributed by atoms with Crippen molar-refractivity contribution in [2.75, 3.05) is 5.32 Å². The molecule has 0 radical (unpaired) electrons. The maximum atomic E-state index is 12.3. The number of halogens is 3. The Labute approximate surface area is 122 Å². The van der Waals surface area contributed by atoms with Gasteiger partial charge in [-0.05, 0) is 31.2 Å². The zero-order chi connectivity index (χ0) is 15.9. The molecule has 0 spiro atoms. The van der Waals surface area contributed by atoms with E-state index in [0.717, 1.165) is 6.07 Å². The molecule has 3 rings (SSSR count). The number of ether oxygens (including phenoxy) is 1. The number of amides is 1. The van der Waals surface area contributed by atoms with Gasteiger partial charge in [-0.15, -0.1) is 13.2 Å². The lowest BCUT2D eigenvalue weighted by atomic mass is 10.1. The fraction of sp³-hybridized carbons (Fsp3) is 0.143. The zero-order valence-corrected chi connectivity index (χ0v) is 11.3. The van der Waals surface area contributed by atoms with Crippen LogP contribution >= 0.6 is 0 Å². The van der Waals surface area contributed by atoms with Crippen molar-refractivity contribution in [2.45, 2.75) is 13.3 Å². The number of hydrogen-bond acceptors (Lipinski definition) is 3. The van der Waals surface area contributed by atoms with E-state index < -0.39 is 12.3 Å². The minimum atomic E-state index is -4.78. The molecule has 22 heavy (non-hydrogen) atoms. The molecule has 2 heterocycles. The number of nitrogens with zero attached hydrogens (tertiary/aromatic N) is 1. The number of alkyl halides is 3. The van der Waals surface area contributed by atoms with Gasteiger partial charge in [0.2, 0.25) is 0 Å². The van der Waals surface area contributed by atoms with E-state index in [0.29, 0.717) is 22.8 Å². The lowest BCUT2D eigenvalue weighted by molar-refractivity contribution is -0.274. The van der Waals surface area contributed by atoms with Crippen LogP contribution < -0.4 is 10.1 Å². The van der Waals surface area contributed by atoms with Crippen LogP contribution in [-0.2, 0) is 4.79 Å². The van der Waals surface area contributed by atoms with Crippen LogP contribution in [0.1, 0.15) is 17.1 Å². The van der Waals surface area contributed by atoms with Crippen molar-refractivity contribution >= 4 is 23.2 Å². The van der Waals surface area contributed by atoms with E-state index in [-0.39, 0.29) is 11.3 Å². The molecule has 0 fully saturated rings. The maximum Gasteiger partial charge on any atom is 0.573 e. The minimum absolute atomic E-state index is 0.242. The summed E-state index contributed by atoms with van der Waals surface area (Å²) in [7, 11) is 0. The molecule has 5 nitrogen and oxygen atoms in total. The smallest absolute Gasteiger partial charge is 0.406 e. The van der Waals surface area contributed by atoms with E-state index in [9.17, 15) is 18.0 Å². The fourth-order valence-electron chi connectivity index (χ4n) is 2.18. The van der Waals surface area contributed by atoms with Gasteiger partial charge in [0.1, 0.15) is 11.6 Å². The summed E-state index contributed by atoms with van der Waals surface area (Å²) in [6.07, 6.45) is -1.73. The number of hydrogen-bond donors (Lipinski definition) is 2. The molecule has 1 aromatic heterocycles. The van der Waals surface area contributed by atoms with Crippen LogP contribution in [0, 0.1) is 6.92 Å². The van der Waals surface area contributed by atoms with Gasteiger partial charge in [-0.1, -0.05) is 0 Å². The van der Waals surface area contributed by atoms with Crippen molar-refractivity contribution in [3.8, 4) is 5.75 Å². The largest absolute Gasteiger partial charge is 0.573 e. The SMILES string of the molecule is Cc1ncc(/C=C2\C(=O)Nc3ccc(OC(F)(F)F)cc32)[nH]1. The fourth-order valence-corrected chi connectivity index (χ4v) is 2.18. The Morgan fingerprint density at radius 3 is 2.73 bits per heavy atom. The number of carbonyl (C=O) groups excluding carboxylic acids is 1. The summed E-state index contributed by atoms with van der Waals surface area (Å²) in [4.78, 5) is 18.9. The number of benzene rings is 1. The van der Waals surface area contributed by atoms with Crippen LogP contribution in [0.3, 0.4) is 0 Å². The molecular weight excluding hydrogens is 299 g/mol. The van der Waals surface area contributed by atoms with E-state index in [1.165, 1.54) is 24.4 Å². The normalized spacial score (nSPS) is 15.8. The minimum Gasteiger partial charge on any atom is -0.406 e. The average molecular weight is 309 g/mol. The van der Waals surface area contributed by atoms with Crippen LogP contribution in [0.25, 0.3) is 11.6 Å². The number of anilines is 1. The van der Waals surface area contributed by atoms with Gasteiger partial charge in [-0.3, -0.25) is 4.79 Å². The topological polar surface area (TPSA) is 67.0 Å². The van der Waals surface area contributed by atoms with Gasteiger partial charge in [0.05, 0.1) is 17.5 Å². The van der Waals surface area contributed by atoms with Gasteiger partial charge in [-0.25, -0.2) is 4.98 Å².